The van der Waals surface area contributed by atoms with Gasteiger partial charge in [-0.25, -0.2) is 28.0 Å². The average molecular weight is 457 g/mol. The fourth-order valence-electron chi connectivity index (χ4n) is 3.78. The summed E-state index contributed by atoms with van der Waals surface area (Å²) >= 11 is 0. The molecular weight excluding hydrogens is 439 g/mol. The molecule has 0 unspecified atom stereocenters. The molecule has 2 aliphatic heterocycles. The molecule has 1 saturated heterocycles. The quantitative estimate of drug-likeness (QED) is 0.601. The van der Waals surface area contributed by atoms with Gasteiger partial charge in [0.2, 0.25) is 0 Å². The molecule has 4 heterocycles. The monoisotopic (exact) mass is 457 g/mol. The van der Waals surface area contributed by atoms with Crippen molar-refractivity contribution in [3.63, 3.8) is 0 Å². The third kappa shape index (κ3) is 3.99. The number of hydrogen-bond donors (Lipinski definition) is 0. The molecule has 0 spiro atoms. The van der Waals surface area contributed by atoms with Gasteiger partial charge in [0.1, 0.15) is 29.8 Å². The number of rotatable bonds is 4. The van der Waals surface area contributed by atoms with E-state index in [2.05, 4.69) is 20.3 Å². The lowest BCUT2D eigenvalue weighted by Crippen LogP contribution is -2.58. The standard InChI is InChI=1S/C21H18F3N7O2/c1-29-11-26-28-20(29)17-7-19(16(24)8-25-17)33-15-9-30(10-15)21(32)31-18(2-3-27-31)12-4-13(22)6-14(23)5-12/h3-8,11,15,18H,2,9-10H2,1H3/t18-/m0/s1. The average Bonchev–Trinajstić information content (AvgIpc) is 3.39. The van der Waals surface area contributed by atoms with Gasteiger partial charge in [-0.1, -0.05) is 0 Å². The van der Waals surface area contributed by atoms with Crippen molar-refractivity contribution in [2.45, 2.75) is 18.6 Å². The van der Waals surface area contributed by atoms with E-state index < -0.39 is 35.6 Å². The summed E-state index contributed by atoms with van der Waals surface area (Å²) in [6, 6.07) is 3.56. The van der Waals surface area contributed by atoms with Crippen LogP contribution in [0.2, 0.25) is 0 Å². The summed E-state index contributed by atoms with van der Waals surface area (Å²) in [6.07, 6.45) is 3.98. The van der Waals surface area contributed by atoms with Crippen molar-refractivity contribution in [1.82, 2.24) is 29.7 Å². The fraction of sp³-hybridized carbons (Fsp3) is 0.286. The summed E-state index contributed by atoms with van der Waals surface area (Å²) in [7, 11) is 1.74. The zero-order chi connectivity index (χ0) is 23.1. The lowest BCUT2D eigenvalue weighted by atomic mass is 10.0. The maximum atomic E-state index is 14.2. The van der Waals surface area contributed by atoms with Gasteiger partial charge in [0.05, 0.1) is 25.3 Å². The first-order chi connectivity index (χ1) is 15.9. The first kappa shape index (κ1) is 20.9. The second-order valence-electron chi connectivity index (χ2n) is 7.79. The number of nitrogens with zero attached hydrogens (tertiary/aromatic N) is 7. The number of carbonyl (C=O) groups is 1. The van der Waals surface area contributed by atoms with E-state index >= 15 is 0 Å². The lowest BCUT2D eigenvalue weighted by Gasteiger charge is -2.41. The minimum Gasteiger partial charge on any atom is -0.483 e. The number of aromatic nitrogens is 4. The van der Waals surface area contributed by atoms with Crippen LogP contribution in [0.15, 0.2) is 41.9 Å². The molecule has 1 aromatic carbocycles. The number of ether oxygens (including phenoxy) is 1. The Balaban J connectivity index is 1.24. The molecule has 0 radical (unpaired) electrons. The van der Waals surface area contributed by atoms with Crippen LogP contribution in [0.5, 0.6) is 5.75 Å². The summed E-state index contributed by atoms with van der Waals surface area (Å²) in [5.41, 5.74) is 0.720. The topological polar surface area (TPSA) is 88.7 Å². The van der Waals surface area contributed by atoms with E-state index in [1.54, 1.807) is 11.6 Å². The van der Waals surface area contributed by atoms with E-state index in [0.29, 0.717) is 23.5 Å². The van der Waals surface area contributed by atoms with Crippen molar-refractivity contribution in [3.05, 3.63) is 59.8 Å². The van der Waals surface area contributed by atoms with Crippen LogP contribution in [-0.2, 0) is 7.05 Å². The van der Waals surface area contributed by atoms with Gasteiger partial charge in [0.15, 0.2) is 17.4 Å². The van der Waals surface area contributed by atoms with Crippen molar-refractivity contribution >= 4 is 12.2 Å². The van der Waals surface area contributed by atoms with Crippen LogP contribution in [0, 0.1) is 17.5 Å². The Morgan fingerprint density at radius 3 is 2.58 bits per heavy atom. The summed E-state index contributed by atoms with van der Waals surface area (Å²) in [5.74, 6) is -1.63. The van der Waals surface area contributed by atoms with Crippen molar-refractivity contribution < 1.29 is 22.7 Å². The molecule has 170 valence electrons. The molecule has 2 amide bonds. The Kier molecular flexibility index (Phi) is 5.19. The number of urea groups is 1. The van der Waals surface area contributed by atoms with Crippen LogP contribution in [0.25, 0.3) is 11.5 Å². The van der Waals surface area contributed by atoms with Gasteiger partial charge >= 0.3 is 6.03 Å². The Morgan fingerprint density at radius 1 is 1.12 bits per heavy atom. The van der Waals surface area contributed by atoms with Gasteiger partial charge in [-0.2, -0.15) is 5.10 Å². The number of halogens is 3. The molecule has 3 aromatic rings. The third-order valence-corrected chi connectivity index (χ3v) is 5.47. The number of hydrogen-bond acceptors (Lipinski definition) is 6. The molecule has 0 saturated carbocycles. The van der Waals surface area contributed by atoms with Gasteiger partial charge < -0.3 is 14.2 Å². The lowest BCUT2D eigenvalue weighted by molar-refractivity contribution is 0.0256. The van der Waals surface area contributed by atoms with Gasteiger partial charge in [0, 0.05) is 31.8 Å². The van der Waals surface area contributed by atoms with Crippen LogP contribution in [0.1, 0.15) is 18.0 Å². The minimum atomic E-state index is -0.721. The molecule has 2 aromatic heterocycles. The Bertz CT molecular complexity index is 1220. The largest absolute Gasteiger partial charge is 0.483 e. The number of aryl methyl sites for hydroxylation is 1. The Morgan fingerprint density at radius 2 is 1.88 bits per heavy atom. The maximum absolute atomic E-state index is 14.2. The maximum Gasteiger partial charge on any atom is 0.341 e. The van der Waals surface area contributed by atoms with Gasteiger partial charge in [-0.15, -0.1) is 10.2 Å². The fourth-order valence-corrected chi connectivity index (χ4v) is 3.78. The highest BCUT2D eigenvalue weighted by Gasteiger charge is 2.39. The second kappa shape index (κ2) is 8.19. The summed E-state index contributed by atoms with van der Waals surface area (Å²) < 4.78 is 48.8. The van der Waals surface area contributed by atoms with Gasteiger partial charge in [-0.05, 0) is 17.7 Å². The highest BCUT2D eigenvalue weighted by Crippen LogP contribution is 2.32. The smallest absolute Gasteiger partial charge is 0.341 e. The zero-order valence-electron chi connectivity index (χ0n) is 17.4. The number of benzene rings is 1. The second-order valence-corrected chi connectivity index (χ2v) is 7.79. The van der Waals surface area contributed by atoms with Crippen LogP contribution in [-0.4, -0.2) is 61.1 Å². The van der Waals surface area contributed by atoms with E-state index in [4.69, 9.17) is 4.74 Å². The van der Waals surface area contributed by atoms with Crippen LogP contribution in [0.4, 0.5) is 18.0 Å². The molecule has 0 bridgehead atoms. The molecule has 33 heavy (non-hydrogen) atoms. The van der Waals surface area contributed by atoms with Crippen molar-refractivity contribution in [3.8, 4) is 17.3 Å². The number of hydrazone groups is 1. The summed E-state index contributed by atoms with van der Waals surface area (Å²) in [4.78, 5) is 18.4. The predicted octanol–water partition coefficient (Wildman–Crippen LogP) is 2.91. The van der Waals surface area contributed by atoms with Crippen LogP contribution in [0.3, 0.4) is 0 Å². The number of carbonyl (C=O) groups excluding carboxylic acids is 1. The van der Waals surface area contributed by atoms with E-state index in [1.807, 2.05) is 0 Å². The first-order valence-corrected chi connectivity index (χ1v) is 10.1. The molecule has 9 nitrogen and oxygen atoms in total. The molecule has 5 rings (SSSR count). The Hall–Kier alpha value is -3.96. The number of pyridine rings is 1. The third-order valence-electron chi connectivity index (χ3n) is 5.47. The molecule has 0 aliphatic carbocycles. The van der Waals surface area contributed by atoms with E-state index in [1.165, 1.54) is 40.6 Å². The predicted molar refractivity (Wildman–Crippen MR) is 110 cm³/mol. The molecule has 1 fully saturated rings. The highest BCUT2D eigenvalue weighted by molar-refractivity contribution is 5.79. The van der Waals surface area contributed by atoms with Crippen molar-refractivity contribution in [2.75, 3.05) is 13.1 Å². The van der Waals surface area contributed by atoms with E-state index in [9.17, 15) is 18.0 Å². The molecule has 0 N–H and O–H groups in total. The minimum absolute atomic E-state index is 0.00703. The van der Waals surface area contributed by atoms with E-state index in [0.717, 1.165) is 12.3 Å². The van der Waals surface area contributed by atoms with Gasteiger partial charge in [-0.3, -0.25) is 0 Å². The molecule has 12 heteroatoms. The molecule has 1 atom stereocenters. The van der Waals surface area contributed by atoms with Crippen molar-refractivity contribution in [1.29, 1.82) is 0 Å². The SMILES string of the molecule is Cn1cnnc1-c1cc(OC2CN(C(=O)N3N=CC[C@H]3c3cc(F)cc(F)c3)C2)c(F)cn1. The van der Waals surface area contributed by atoms with Crippen molar-refractivity contribution in [2.24, 2.45) is 12.1 Å². The summed E-state index contributed by atoms with van der Waals surface area (Å²) in [5, 5.41) is 13.0. The molecule has 2 aliphatic rings. The number of likely N-dealkylation sites (tertiary alicyclic amines) is 1. The number of amides is 2. The highest BCUT2D eigenvalue weighted by atomic mass is 19.1. The van der Waals surface area contributed by atoms with Crippen LogP contribution < -0.4 is 4.74 Å². The van der Waals surface area contributed by atoms with Gasteiger partial charge in [0.25, 0.3) is 0 Å². The zero-order valence-corrected chi connectivity index (χ0v) is 17.4. The first-order valence-electron chi connectivity index (χ1n) is 10.1. The Labute approximate surface area is 186 Å². The van der Waals surface area contributed by atoms with E-state index in [-0.39, 0.29) is 18.8 Å². The molecular formula is C21H18F3N7O2. The summed E-state index contributed by atoms with van der Waals surface area (Å²) in [6.45, 7) is 0.409. The van der Waals surface area contributed by atoms with Crippen LogP contribution >= 0.6 is 0 Å². The normalized spacial score (nSPS) is 18.0.